The number of carbonyl (C=O) groups excluding carboxylic acids is 1. The summed E-state index contributed by atoms with van der Waals surface area (Å²) in [6.45, 7) is 2.69. The van der Waals surface area contributed by atoms with Gasteiger partial charge in [-0.15, -0.1) is 0 Å². The Balaban J connectivity index is 2.36. The lowest BCUT2D eigenvalue weighted by Crippen LogP contribution is -2.12. The minimum atomic E-state index is 0.0704. The van der Waals surface area contributed by atoms with Crippen molar-refractivity contribution < 1.29 is 9.53 Å². The first kappa shape index (κ1) is 15.5. The van der Waals surface area contributed by atoms with Gasteiger partial charge in [-0.2, -0.15) is 0 Å². The third kappa shape index (κ3) is 5.75. The molecule has 1 aromatic rings. The molecule has 0 aliphatic heterocycles. The first-order valence-electron chi connectivity index (χ1n) is 6.82. The van der Waals surface area contributed by atoms with Gasteiger partial charge < -0.3 is 15.8 Å². The zero-order valence-corrected chi connectivity index (χ0v) is 11.9. The Morgan fingerprint density at radius 3 is 2.63 bits per heavy atom. The van der Waals surface area contributed by atoms with Crippen molar-refractivity contribution in [3.63, 3.8) is 0 Å². The van der Waals surface area contributed by atoms with Gasteiger partial charge >= 0.3 is 0 Å². The van der Waals surface area contributed by atoms with Gasteiger partial charge in [-0.05, 0) is 50.1 Å². The van der Waals surface area contributed by atoms with Crippen molar-refractivity contribution in [2.75, 3.05) is 19.0 Å². The third-order valence-corrected chi connectivity index (χ3v) is 3.07. The second kappa shape index (κ2) is 8.53. The number of carbonyl (C=O) groups is 1. The van der Waals surface area contributed by atoms with Gasteiger partial charge in [0, 0.05) is 12.1 Å². The number of methoxy groups -OCH3 is 1. The molecule has 4 nitrogen and oxygen atoms in total. The van der Waals surface area contributed by atoms with E-state index in [0.29, 0.717) is 6.42 Å². The average molecular weight is 264 g/mol. The van der Waals surface area contributed by atoms with E-state index in [-0.39, 0.29) is 5.91 Å². The number of rotatable bonds is 8. The van der Waals surface area contributed by atoms with Gasteiger partial charge in [0.05, 0.1) is 7.11 Å². The zero-order chi connectivity index (χ0) is 14.1. The van der Waals surface area contributed by atoms with Gasteiger partial charge in [0.15, 0.2) is 0 Å². The fourth-order valence-corrected chi connectivity index (χ4v) is 1.90. The van der Waals surface area contributed by atoms with Crippen LogP contribution in [-0.4, -0.2) is 19.6 Å². The molecule has 4 heteroatoms. The Kier molecular flexibility index (Phi) is 6.97. The van der Waals surface area contributed by atoms with Crippen LogP contribution in [0.3, 0.4) is 0 Å². The standard InChI is InChI=1S/C15H24N2O2/c1-12-11-13(19-2)8-9-14(12)17-15(18)7-5-3-4-6-10-16/h8-9,11H,3-7,10,16H2,1-2H3,(H,17,18). The number of nitrogens with one attached hydrogen (secondary N) is 1. The molecule has 0 fully saturated rings. The van der Waals surface area contributed by atoms with E-state index in [1.165, 1.54) is 0 Å². The minimum absolute atomic E-state index is 0.0704. The molecule has 1 rings (SSSR count). The van der Waals surface area contributed by atoms with Gasteiger partial charge in [-0.3, -0.25) is 4.79 Å². The number of anilines is 1. The van der Waals surface area contributed by atoms with E-state index >= 15 is 0 Å². The molecule has 1 amide bonds. The monoisotopic (exact) mass is 264 g/mol. The van der Waals surface area contributed by atoms with Crippen LogP contribution in [0, 0.1) is 6.92 Å². The summed E-state index contributed by atoms with van der Waals surface area (Å²) < 4.78 is 5.13. The van der Waals surface area contributed by atoms with Crippen LogP contribution < -0.4 is 15.8 Å². The molecule has 0 radical (unpaired) electrons. The molecule has 19 heavy (non-hydrogen) atoms. The van der Waals surface area contributed by atoms with Gasteiger partial charge in [-0.1, -0.05) is 12.8 Å². The molecule has 106 valence electrons. The smallest absolute Gasteiger partial charge is 0.224 e. The van der Waals surface area contributed by atoms with Crippen LogP contribution in [0.5, 0.6) is 5.75 Å². The van der Waals surface area contributed by atoms with Crippen molar-refractivity contribution in [3.05, 3.63) is 23.8 Å². The number of hydrogen-bond donors (Lipinski definition) is 2. The lowest BCUT2D eigenvalue weighted by Gasteiger charge is -2.09. The highest BCUT2D eigenvalue weighted by Crippen LogP contribution is 2.21. The summed E-state index contributed by atoms with van der Waals surface area (Å²) in [5.74, 6) is 0.873. The summed E-state index contributed by atoms with van der Waals surface area (Å²) in [5, 5.41) is 2.93. The van der Waals surface area contributed by atoms with Crippen LogP contribution in [0.1, 0.15) is 37.7 Å². The van der Waals surface area contributed by atoms with E-state index in [9.17, 15) is 4.79 Å². The van der Waals surface area contributed by atoms with Crippen LogP contribution in [0.25, 0.3) is 0 Å². The quantitative estimate of drug-likeness (QED) is 0.710. The molecule has 0 heterocycles. The highest BCUT2D eigenvalue weighted by molar-refractivity contribution is 5.91. The summed E-state index contributed by atoms with van der Waals surface area (Å²) in [6.07, 6.45) is 4.69. The Bertz CT molecular complexity index is 405. The molecule has 0 aliphatic carbocycles. The fraction of sp³-hybridized carbons (Fsp3) is 0.533. The largest absolute Gasteiger partial charge is 0.497 e. The first-order chi connectivity index (χ1) is 9.17. The summed E-state index contributed by atoms with van der Waals surface area (Å²) in [7, 11) is 1.63. The first-order valence-corrected chi connectivity index (χ1v) is 6.82. The van der Waals surface area contributed by atoms with Crippen molar-refractivity contribution >= 4 is 11.6 Å². The van der Waals surface area contributed by atoms with Gasteiger partial charge in [-0.25, -0.2) is 0 Å². The van der Waals surface area contributed by atoms with Gasteiger partial charge in [0.1, 0.15) is 5.75 Å². The van der Waals surface area contributed by atoms with Crippen LogP contribution in [0.4, 0.5) is 5.69 Å². The molecule has 0 aromatic heterocycles. The fourth-order valence-electron chi connectivity index (χ4n) is 1.90. The molecular weight excluding hydrogens is 240 g/mol. The summed E-state index contributed by atoms with van der Waals surface area (Å²) in [5.41, 5.74) is 7.29. The number of amides is 1. The van der Waals surface area contributed by atoms with E-state index < -0.39 is 0 Å². The number of ether oxygens (including phenoxy) is 1. The molecule has 1 aromatic carbocycles. The number of hydrogen-bond acceptors (Lipinski definition) is 3. The van der Waals surface area contributed by atoms with Gasteiger partial charge in [0.2, 0.25) is 5.91 Å². The maximum absolute atomic E-state index is 11.8. The molecule has 0 atom stereocenters. The van der Waals surface area contributed by atoms with Crippen molar-refractivity contribution in [3.8, 4) is 5.75 Å². The lowest BCUT2D eigenvalue weighted by molar-refractivity contribution is -0.116. The van der Waals surface area contributed by atoms with Crippen LogP contribution in [0.15, 0.2) is 18.2 Å². The molecular formula is C15H24N2O2. The molecule has 0 unspecified atom stereocenters. The van der Waals surface area contributed by atoms with E-state index in [1.807, 2.05) is 25.1 Å². The predicted molar refractivity (Wildman–Crippen MR) is 78.5 cm³/mol. The Labute approximate surface area is 115 Å². The summed E-state index contributed by atoms with van der Waals surface area (Å²) >= 11 is 0. The topological polar surface area (TPSA) is 64.3 Å². The van der Waals surface area contributed by atoms with Crippen molar-refractivity contribution in [1.82, 2.24) is 0 Å². The second-order valence-corrected chi connectivity index (χ2v) is 4.68. The van der Waals surface area contributed by atoms with Crippen LogP contribution in [0.2, 0.25) is 0 Å². The number of benzene rings is 1. The molecule has 3 N–H and O–H groups in total. The molecule has 0 spiro atoms. The highest BCUT2D eigenvalue weighted by atomic mass is 16.5. The average Bonchev–Trinajstić information content (AvgIpc) is 2.41. The van der Waals surface area contributed by atoms with Gasteiger partial charge in [0.25, 0.3) is 0 Å². The number of nitrogens with two attached hydrogens (primary N) is 1. The van der Waals surface area contributed by atoms with E-state index in [4.69, 9.17) is 10.5 Å². The van der Waals surface area contributed by atoms with E-state index in [0.717, 1.165) is 49.2 Å². The number of aryl methyl sites for hydroxylation is 1. The molecule has 0 aliphatic rings. The maximum Gasteiger partial charge on any atom is 0.224 e. The van der Waals surface area contributed by atoms with Crippen LogP contribution in [-0.2, 0) is 4.79 Å². The Morgan fingerprint density at radius 1 is 1.26 bits per heavy atom. The van der Waals surface area contributed by atoms with Crippen molar-refractivity contribution in [2.45, 2.75) is 39.0 Å². The maximum atomic E-state index is 11.8. The van der Waals surface area contributed by atoms with E-state index in [1.54, 1.807) is 7.11 Å². The highest BCUT2D eigenvalue weighted by Gasteiger charge is 2.05. The van der Waals surface area contributed by atoms with E-state index in [2.05, 4.69) is 5.32 Å². The SMILES string of the molecule is COc1ccc(NC(=O)CCCCCCN)c(C)c1. The zero-order valence-electron chi connectivity index (χ0n) is 11.9. The van der Waals surface area contributed by atoms with Crippen molar-refractivity contribution in [2.24, 2.45) is 5.73 Å². The Morgan fingerprint density at radius 2 is 2.00 bits per heavy atom. The third-order valence-electron chi connectivity index (χ3n) is 3.07. The summed E-state index contributed by atoms with van der Waals surface area (Å²) in [4.78, 5) is 11.8. The minimum Gasteiger partial charge on any atom is -0.497 e. The molecule has 0 saturated carbocycles. The molecule has 0 saturated heterocycles. The second-order valence-electron chi connectivity index (χ2n) is 4.68. The van der Waals surface area contributed by atoms with Crippen LogP contribution >= 0.6 is 0 Å². The molecule has 0 bridgehead atoms. The number of unbranched alkanes of at least 4 members (excludes halogenated alkanes) is 3. The normalized spacial score (nSPS) is 10.3. The predicted octanol–water partition coefficient (Wildman–Crippen LogP) is 2.85. The van der Waals surface area contributed by atoms with Crippen molar-refractivity contribution in [1.29, 1.82) is 0 Å². The Hall–Kier alpha value is -1.55. The summed E-state index contributed by atoms with van der Waals surface area (Å²) in [6, 6.07) is 5.64. The lowest BCUT2D eigenvalue weighted by atomic mass is 10.1.